The molecule has 3 nitrogen and oxygen atoms in total. The number of ketones is 1. The van der Waals surface area contributed by atoms with Crippen molar-refractivity contribution >= 4 is 15.6 Å². The predicted octanol–water partition coefficient (Wildman–Crippen LogP) is 2.29. The fraction of sp³-hybridized carbons (Fsp3) is 0.714. The van der Waals surface area contributed by atoms with Gasteiger partial charge >= 0.3 is 0 Å². The standard InChI is InChI=1S/C14H23O3S.Ac/c1-5-12-7-13(11(4)15)8-14(12)10(3)9-18(16,17)6-2;/h5,10,12-14H,1,3,6-9H2,2,4H3;/q-1;. The third-order valence-corrected chi connectivity index (χ3v) is 5.87. The summed E-state index contributed by atoms with van der Waals surface area (Å²) in [4.78, 5) is 11.4. The molecule has 1 fully saturated rings. The number of sulfone groups is 1. The van der Waals surface area contributed by atoms with Crippen LogP contribution in [0.25, 0.3) is 0 Å². The summed E-state index contributed by atoms with van der Waals surface area (Å²) in [6.45, 7) is 11.1. The van der Waals surface area contributed by atoms with Crippen molar-refractivity contribution in [3.63, 3.8) is 0 Å². The monoisotopic (exact) mass is 498 g/mol. The van der Waals surface area contributed by atoms with Gasteiger partial charge in [0.1, 0.15) is 15.6 Å². The molecule has 4 unspecified atom stereocenters. The molecule has 4 atom stereocenters. The molecule has 1 saturated carbocycles. The number of hydrogen-bond donors (Lipinski definition) is 0. The van der Waals surface area contributed by atoms with Crippen LogP contribution < -0.4 is 0 Å². The second kappa shape index (κ2) is 8.29. The molecule has 0 bridgehead atoms. The first-order valence-corrected chi connectivity index (χ1v) is 8.29. The Morgan fingerprint density at radius 1 is 1.47 bits per heavy atom. The quantitative estimate of drug-likeness (QED) is 0.417. The summed E-state index contributed by atoms with van der Waals surface area (Å²) in [5.41, 5.74) is 0. The number of allylic oxidation sites excluding steroid dienone is 1. The van der Waals surface area contributed by atoms with Crippen LogP contribution in [-0.4, -0.2) is 25.7 Å². The van der Waals surface area contributed by atoms with Crippen LogP contribution in [0.3, 0.4) is 0 Å². The van der Waals surface area contributed by atoms with E-state index in [0.717, 1.165) is 12.8 Å². The van der Waals surface area contributed by atoms with Gasteiger partial charge in [0.15, 0.2) is 0 Å². The van der Waals surface area contributed by atoms with Gasteiger partial charge in [0, 0.05) is 61.5 Å². The van der Waals surface area contributed by atoms with Crippen molar-refractivity contribution in [1.29, 1.82) is 0 Å². The molecule has 0 aromatic carbocycles. The summed E-state index contributed by atoms with van der Waals surface area (Å²) in [5.74, 6) is 0.735. The van der Waals surface area contributed by atoms with E-state index in [2.05, 4.69) is 13.5 Å². The van der Waals surface area contributed by atoms with Gasteiger partial charge in [-0.2, -0.15) is 5.92 Å². The molecule has 0 heterocycles. The van der Waals surface area contributed by atoms with E-state index in [-0.39, 0.29) is 85.0 Å². The van der Waals surface area contributed by atoms with Gasteiger partial charge < -0.3 is 6.92 Å². The average molecular weight is 498 g/mol. The van der Waals surface area contributed by atoms with Gasteiger partial charge in [-0.25, -0.2) is 8.42 Å². The van der Waals surface area contributed by atoms with Crippen molar-refractivity contribution in [2.24, 2.45) is 23.7 Å². The van der Waals surface area contributed by atoms with E-state index in [9.17, 15) is 13.2 Å². The molecule has 5 heteroatoms. The molecule has 0 N–H and O–H groups in total. The van der Waals surface area contributed by atoms with E-state index < -0.39 is 9.84 Å². The maximum absolute atomic E-state index is 11.6. The summed E-state index contributed by atoms with van der Waals surface area (Å²) in [7, 11) is -3.01. The fourth-order valence-corrected chi connectivity index (χ4v) is 3.95. The summed E-state index contributed by atoms with van der Waals surface area (Å²) >= 11 is 0. The van der Waals surface area contributed by atoms with Crippen LogP contribution in [0.2, 0.25) is 0 Å². The van der Waals surface area contributed by atoms with Crippen molar-refractivity contribution < 1.29 is 57.3 Å². The largest absolute Gasteiger partial charge is 0.339 e. The van der Waals surface area contributed by atoms with Crippen LogP contribution in [0, 0.1) is 74.7 Å². The number of hydrogen-bond acceptors (Lipinski definition) is 3. The Bertz CT molecular complexity index is 416. The Labute approximate surface area is 153 Å². The molecule has 107 valence electrons. The SMILES string of the molecule is C=CC1CC(C(C)=O)CC1C([CH2-])CS(=O)(=O)CC.[Ac]. The smallest absolute Gasteiger partial charge is 0.147 e. The van der Waals surface area contributed by atoms with Gasteiger partial charge in [-0.05, 0) is 25.7 Å². The first-order valence-electron chi connectivity index (χ1n) is 6.47. The van der Waals surface area contributed by atoms with E-state index in [0.29, 0.717) is 0 Å². The summed E-state index contributed by atoms with van der Waals surface area (Å²) in [6.07, 6.45) is 3.39. The third-order valence-electron chi connectivity index (χ3n) is 4.05. The van der Waals surface area contributed by atoms with Gasteiger partial charge in [-0.3, -0.25) is 4.79 Å². The van der Waals surface area contributed by atoms with Gasteiger partial charge in [-0.15, -0.1) is 6.58 Å². The first kappa shape index (κ1) is 19.8. The normalized spacial score (nSPS) is 28.5. The van der Waals surface area contributed by atoms with E-state index in [1.165, 1.54) is 0 Å². The van der Waals surface area contributed by atoms with Gasteiger partial charge in [0.05, 0.1) is 0 Å². The molecule has 1 radical (unpaired) electrons. The van der Waals surface area contributed by atoms with E-state index >= 15 is 0 Å². The molecule has 0 aromatic heterocycles. The van der Waals surface area contributed by atoms with E-state index in [1.54, 1.807) is 13.8 Å². The molecular formula is C14H23AcO3S-. The van der Waals surface area contributed by atoms with Crippen molar-refractivity contribution in [2.45, 2.75) is 26.7 Å². The topological polar surface area (TPSA) is 51.2 Å². The molecule has 1 aliphatic carbocycles. The molecule has 0 aliphatic heterocycles. The predicted molar refractivity (Wildman–Crippen MR) is 73.8 cm³/mol. The summed E-state index contributed by atoms with van der Waals surface area (Å²) in [6, 6.07) is 0. The molecule has 1 rings (SSSR count). The zero-order valence-electron chi connectivity index (χ0n) is 11.8. The second-order valence-corrected chi connectivity index (χ2v) is 7.70. The van der Waals surface area contributed by atoms with Crippen molar-refractivity contribution in [2.75, 3.05) is 11.5 Å². The van der Waals surface area contributed by atoms with Crippen LogP contribution in [0.15, 0.2) is 12.7 Å². The van der Waals surface area contributed by atoms with Crippen molar-refractivity contribution in [3.8, 4) is 0 Å². The maximum Gasteiger partial charge on any atom is 0.147 e. The second-order valence-electron chi connectivity index (χ2n) is 5.30. The van der Waals surface area contributed by atoms with E-state index in [4.69, 9.17) is 0 Å². The number of carbonyl (C=O) groups excluding carboxylic acids is 1. The third kappa shape index (κ3) is 5.59. The molecule has 0 spiro atoms. The minimum atomic E-state index is -3.01. The Hall–Kier alpha value is 0.802. The Kier molecular flexibility index (Phi) is 8.64. The molecule has 0 aromatic rings. The number of rotatable bonds is 6. The zero-order chi connectivity index (χ0) is 13.9. The van der Waals surface area contributed by atoms with Crippen LogP contribution >= 0.6 is 0 Å². The van der Waals surface area contributed by atoms with Crippen molar-refractivity contribution in [1.82, 2.24) is 0 Å². The van der Waals surface area contributed by atoms with Gasteiger partial charge in [-0.1, -0.05) is 18.9 Å². The molecule has 0 saturated heterocycles. The molecule has 0 amide bonds. The minimum absolute atomic E-state index is 0. The van der Waals surface area contributed by atoms with Crippen LogP contribution in [0.4, 0.5) is 0 Å². The molecular weight excluding hydrogens is 475 g/mol. The molecule has 19 heavy (non-hydrogen) atoms. The summed E-state index contributed by atoms with van der Waals surface area (Å²) < 4.78 is 23.3. The van der Waals surface area contributed by atoms with Crippen LogP contribution in [0.5, 0.6) is 0 Å². The first-order chi connectivity index (χ1) is 8.30. The van der Waals surface area contributed by atoms with Gasteiger partial charge in [0.2, 0.25) is 0 Å². The number of carbonyl (C=O) groups is 1. The van der Waals surface area contributed by atoms with E-state index in [1.807, 2.05) is 6.08 Å². The average Bonchev–Trinajstić information content (AvgIpc) is 2.72. The Morgan fingerprint density at radius 3 is 2.47 bits per heavy atom. The van der Waals surface area contributed by atoms with Gasteiger partial charge in [0.25, 0.3) is 0 Å². The minimum Gasteiger partial charge on any atom is -0.339 e. The van der Waals surface area contributed by atoms with Crippen LogP contribution in [0.1, 0.15) is 26.7 Å². The van der Waals surface area contributed by atoms with Crippen LogP contribution in [-0.2, 0) is 14.6 Å². The van der Waals surface area contributed by atoms with Crippen molar-refractivity contribution in [3.05, 3.63) is 19.6 Å². The zero-order valence-corrected chi connectivity index (χ0v) is 17.4. The fourth-order valence-electron chi connectivity index (χ4n) is 2.82. The Balaban J connectivity index is 0.00000324. The Morgan fingerprint density at radius 2 is 2.05 bits per heavy atom. The number of Topliss-reactive ketones (excluding diaryl/α,β-unsaturated/α-hetero) is 1. The summed E-state index contributed by atoms with van der Waals surface area (Å²) in [5, 5.41) is 0. The maximum atomic E-state index is 11.6. The molecule has 1 aliphatic rings.